The molecule has 0 unspecified atom stereocenters. The molecule has 6 nitrogen and oxygen atoms in total. The van der Waals surface area contributed by atoms with Crippen LogP contribution in [0.4, 0.5) is 16.2 Å². The van der Waals surface area contributed by atoms with Crippen molar-refractivity contribution in [3.8, 4) is 11.5 Å². The molecule has 0 bridgehead atoms. The number of rotatable bonds is 4. The van der Waals surface area contributed by atoms with Crippen LogP contribution in [0.3, 0.4) is 0 Å². The zero-order valence-electron chi connectivity index (χ0n) is 16.5. The van der Waals surface area contributed by atoms with E-state index in [0.29, 0.717) is 13.2 Å². The van der Waals surface area contributed by atoms with Gasteiger partial charge < -0.3 is 25.0 Å². The van der Waals surface area contributed by atoms with Crippen molar-refractivity contribution in [1.29, 1.82) is 0 Å². The fourth-order valence-corrected chi connectivity index (χ4v) is 3.68. The standard InChI is InChI=1S/C22H27N3O3/c1-22(2,16-5-10-19-20(15-16)28-14-13-27-19)24-21(26)23-17-6-8-18(9-7-17)25-11-3-4-12-25/h5-10,15H,3-4,11-14H2,1-2H3,(H2,23,24,26). The van der Waals surface area contributed by atoms with Crippen molar-refractivity contribution in [2.75, 3.05) is 36.5 Å². The Bertz CT molecular complexity index is 843. The Morgan fingerprint density at radius 1 is 0.964 bits per heavy atom. The second-order valence-electron chi connectivity index (χ2n) is 7.80. The minimum absolute atomic E-state index is 0.242. The smallest absolute Gasteiger partial charge is 0.319 e. The Hall–Kier alpha value is -2.89. The minimum Gasteiger partial charge on any atom is -0.486 e. The quantitative estimate of drug-likeness (QED) is 0.836. The molecular formula is C22H27N3O3. The lowest BCUT2D eigenvalue weighted by molar-refractivity contribution is 0.171. The van der Waals surface area contributed by atoms with Crippen molar-refractivity contribution in [1.82, 2.24) is 5.32 Å². The third kappa shape index (κ3) is 4.01. The summed E-state index contributed by atoms with van der Waals surface area (Å²) in [5, 5.41) is 5.96. The van der Waals surface area contributed by atoms with E-state index in [1.54, 1.807) is 0 Å². The molecule has 0 atom stereocenters. The van der Waals surface area contributed by atoms with Crippen LogP contribution in [0, 0.1) is 0 Å². The molecule has 0 spiro atoms. The van der Waals surface area contributed by atoms with Gasteiger partial charge in [0.05, 0.1) is 5.54 Å². The van der Waals surface area contributed by atoms with Gasteiger partial charge in [0.15, 0.2) is 11.5 Å². The number of fused-ring (bicyclic) bond motifs is 1. The molecule has 0 aliphatic carbocycles. The van der Waals surface area contributed by atoms with E-state index < -0.39 is 5.54 Å². The molecule has 6 heteroatoms. The number of amides is 2. The van der Waals surface area contributed by atoms with Gasteiger partial charge in [-0.25, -0.2) is 4.79 Å². The Morgan fingerprint density at radius 3 is 2.36 bits per heavy atom. The van der Waals surface area contributed by atoms with E-state index in [1.165, 1.54) is 18.5 Å². The molecule has 2 N–H and O–H groups in total. The number of urea groups is 1. The molecule has 2 amide bonds. The molecule has 4 rings (SSSR count). The molecule has 0 aromatic heterocycles. The number of anilines is 2. The fraction of sp³-hybridized carbons (Fsp3) is 0.409. The van der Waals surface area contributed by atoms with Crippen LogP contribution in [0.1, 0.15) is 32.3 Å². The fourth-order valence-electron chi connectivity index (χ4n) is 3.68. The van der Waals surface area contributed by atoms with Gasteiger partial charge >= 0.3 is 6.03 Å². The molecule has 2 aromatic carbocycles. The van der Waals surface area contributed by atoms with Crippen LogP contribution in [0.25, 0.3) is 0 Å². The maximum atomic E-state index is 12.5. The van der Waals surface area contributed by atoms with E-state index in [1.807, 2.05) is 44.2 Å². The Balaban J connectivity index is 1.39. The highest BCUT2D eigenvalue weighted by molar-refractivity contribution is 5.90. The summed E-state index contributed by atoms with van der Waals surface area (Å²) in [6.07, 6.45) is 2.49. The third-order valence-corrected chi connectivity index (χ3v) is 5.29. The SMILES string of the molecule is CC(C)(NC(=O)Nc1ccc(N2CCCC2)cc1)c1ccc2c(c1)OCCO2. The van der Waals surface area contributed by atoms with Gasteiger partial charge in [0.25, 0.3) is 0 Å². The lowest BCUT2D eigenvalue weighted by Gasteiger charge is -2.29. The lowest BCUT2D eigenvalue weighted by atomic mass is 9.94. The summed E-state index contributed by atoms with van der Waals surface area (Å²) in [6, 6.07) is 13.6. The summed E-state index contributed by atoms with van der Waals surface area (Å²) >= 11 is 0. The van der Waals surface area contributed by atoms with Gasteiger partial charge in [-0.2, -0.15) is 0 Å². The normalized spacial score (nSPS) is 16.0. The average molecular weight is 381 g/mol. The third-order valence-electron chi connectivity index (χ3n) is 5.29. The zero-order chi connectivity index (χ0) is 19.6. The van der Waals surface area contributed by atoms with Gasteiger partial charge in [-0.1, -0.05) is 6.07 Å². The van der Waals surface area contributed by atoms with E-state index in [9.17, 15) is 4.79 Å². The number of benzene rings is 2. The first-order chi connectivity index (χ1) is 13.5. The number of carbonyl (C=O) groups is 1. The van der Waals surface area contributed by atoms with Gasteiger partial charge in [-0.15, -0.1) is 0 Å². The van der Waals surface area contributed by atoms with Crippen molar-refractivity contribution in [3.05, 3.63) is 48.0 Å². The summed E-state index contributed by atoms with van der Waals surface area (Å²) in [5.41, 5.74) is 2.38. The molecule has 148 valence electrons. The maximum Gasteiger partial charge on any atom is 0.319 e. The molecule has 28 heavy (non-hydrogen) atoms. The van der Waals surface area contributed by atoms with Crippen LogP contribution in [0.2, 0.25) is 0 Å². The molecule has 0 radical (unpaired) electrons. The topological polar surface area (TPSA) is 62.8 Å². The van der Waals surface area contributed by atoms with Crippen molar-refractivity contribution >= 4 is 17.4 Å². The lowest BCUT2D eigenvalue weighted by Crippen LogP contribution is -2.43. The van der Waals surface area contributed by atoms with Crippen LogP contribution in [-0.4, -0.2) is 32.3 Å². The molecule has 2 heterocycles. The summed E-state index contributed by atoms with van der Waals surface area (Å²) in [7, 11) is 0. The first-order valence-electron chi connectivity index (χ1n) is 9.86. The highest BCUT2D eigenvalue weighted by Crippen LogP contribution is 2.34. The number of nitrogens with zero attached hydrogens (tertiary/aromatic N) is 1. The zero-order valence-corrected chi connectivity index (χ0v) is 16.5. The highest BCUT2D eigenvalue weighted by Gasteiger charge is 2.25. The number of carbonyl (C=O) groups excluding carboxylic acids is 1. The molecular weight excluding hydrogens is 354 g/mol. The highest BCUT2D eigenvalue weighted by atomic mass is 16.6. The Kier molecular flexibility index (Phi) is 5.03. The second-order valence-corrected chi connectivity index (χ2v) is 7.80. The van der Waals surface area contributed by atoms with Gasteiger partial charge in [-0.05, 0) is 68.7 Å². The van der Waals surface area contributed by atoms with Gasteiger partial charge in [-0.3, -0.25) is 0 Å². The predicted molar refractivity (Wildman–Crippen MR) is 111 cm³/mol. The maximum absolute atomic E-state index is 12.5. The monoisotopic (exact) mass is 381 g/mol. The number of ether oxygens (including phenoxy) is 2. The van der Waals surface area contributed by atoms with E-state index in [2.05, 4.69) is 27.7 Å². The van der Waals surface area contributed by atoms with Crippen molar-refractivity contribution in [3.63, 3.8) is 0 Å². The van der Waals surface area contributed by atoms with Gasteiger partial charge in [0.2, 0.25) is 0 Å². The van der Waals surface area contributed by atoms with E-state index in [-0.39, 0.29) is 6.03 Å². The molecule has 2 aliphatic heterocycles. The van der Waals surface area contributed by atoms with Crippen LogP contribution in [0.5, 0.6) is 11.5 Å². The first-order valence-corrected chi connectivity index (χ1v) is 9.86. The summed E-state index contributed by atoms with van der Waals surface area (Å²) in [6.45, 7) is 7.25. The van der Waals surface area contributed by atoms with E-state index >= 15 is 0 Å². The molecule has 2 aliphatic rings. The van der Waals surface area contributed by atoms with Crippen molar-refractivity contribution < 1.29 is 14.3 Å². The second kappa shape index (κ2) is 7.62. The van der Waals surface area contributed by atoms with Crippen molar-refractivity contribution in [2.45, 2.75) is 32.2 Å². The Morgan fingerprint density at radius 2 is 1.64 bits per heavy atom. The summed E-state index contributed by atoms with van der Waals surface area (Å²) in [5.74, 6) is 1.46. The van der Waals surface area contributed by atoms with Crippen LogP contribution >= 0.6 is 0 Å². The molecule has 1 saturated heterocycles. The van der Waals surface area contributed by atoms with Gasteiger partial charge in [0.1, 0.15) is 13.2 Å². The van der Waals surface area contributed by atoms with Crippen LogP contribution in [0.15, 0.2) is 42.5 Å². The van der Waals surface area contributed by atoms with Crippen molar-refractivity contribution in [2.24, 2.45) is 0 Å². The van der Waals surface area contributed by atoms with E-state index in [4.69, 9.17) is 9.47 Å². The first kappa shape index (κ1) is 18.5. The molecule has 2 aromatic rings. The van der Waals surface area contributed by atoms with E-state index in [0.717, 1.165) is 35.8 Å². The Labute approximate surface area is 165 Å². The summed E-state index contributed by atoms with van der Waals surface area (Å²) < 4.78 is 11.2. The number of nitrogens with one attached hydrogen (secondary N) is 2. The largest absolute Gasteiger partial charge is 0.486 e. The van der Waals surface area contributed by atoms with Gasteiger partial charge in [0, 0.05) is 24.5 Å². The van der Waals surface area contributed by atoms with Crippen LogP contribution < -0.4 is 25.0 Å². The average Bonchev–Trinajstić information content (AvgIpc) is 3.22. The molecule has 1 fully saturated rings. The molecule has 0 saturated carbocycles. The summed E-state index contributed by atoms with van der Waals surface area (Å²) in [4.78, 5) is 14.9. The number of hydrogen-bond acceptors (Lipinski definition) is 4. The van der Waals surface area contributed by atoms with Crippen LogP contribution in [-0.2, 0) is 5.54 Å². The predicted octanol–water partition coefficient (Wildman–Crippen LogP) is 4.11. The number of hydrogen-bond donors (Lipinski definition) is 2. The minimum atomic E-state index is -0.560.